The van der Waals surface area contributed by atoms with Crippen LogP contribution in [0, 0.1) is 0 Å². The Bertz CT molecular complexity index is 495. The first-order valence-electron chi connectivity index (χ1n) is 5.80. The van der Waals surface area contributed by atoms with Gasteiger partial charge in [-0.1, -0.05) is 17.7 Å². The Balaban J connectivity index is 2.23. The molecule has 3 N–H and O–H groups in total. The highest BCUT2D eigenvalue weighted by molar-refractivity contribution is 5.50. The van der Waals surface area contributed by atoms with Crippen LogP contribution in [-0.4, -0.2) is 15.7 Å². The molecule has 0 aliphatic heterocycles. The van der Waals surface area contributed by atoms with E-state index in [9.17, 15) is 0 Å². The summed E-state index contributed by atoms with van der Waals surface area (Å²) in [6, 6.07) is 0. The second-order valence-electron chi connectivity index (χ2n) is 5.01. The van der Waals surface area contributed by atoms with Crippen molar-refractivity contribution in [1.29, 1.82) is 0 Å². The summed E-state index contributed by atoms with van der Waals surface area (Å²) in [4.78, 5) is 0. The lowest BCUT2D eigenvalue weighted by molar-refractivity contribution is 0.486. The number of aromatic amines is 1. The van der Waals surface area contributed by atoms with Gasteiger partial charge >= 0.3 is 0 Å². The van der Waals surface area contributed by atoms with Gasteiger partial charge in [0.2, 0.25) is 0 Å². The van der Waals surface area contributed by atoms with Gasteiger partial charge in [0.05, 0.1) is 11.7 Å². The molecular weight excluding hydrogens is 198 g/mol. The molecule has 2 aliphatic carbocycles. The van der Waals surface area contributed by atoms with Crippen molar-refractivity contribution in [3.05, 3.63) is 40.8 Å². The molecule has 0 unspecified atom stereocenters. The maximum absolute atomic E-state index is 6.53. The molecule has 16 heavy (non-hydrogen) atoms. The summed E-state index contributed by atoms with van der Waals surface area (Å²) in [6.07, 6.45) is 8.29. The van der Waals surface area contributed by atoms with E-state index in [2.05, 4.69) is 36.2 Å². The topological polar surface area (TPSA) is 54.7 Å². The second-order valence-corrected chi connectivity index (χ2v) is 5.01. The molecule has 0 aromatic carbocycles. The third-order valence-electron chi connectivity index (χ3n) is 3.85. The number of aromatic nitrogens is 2. The monoisotopic (exact) mass is 215 g/mol. The molecule has 1 aromatic heterocycles. The molecule has 3 heteroatoms. The molecule has 0 amide bonds. The number of hydrogen-bond acceptors (Lipinski definition) is 2. The fourth-order valence-corrected chi connectivity index (χ4v) is 3.30. The highest BCUT2D eigenvalue weighted by atomic mass is 15.1. The highest BCUT2D eigenvalue weighted by Gasteiger charge is 2.42. The molecule has 2 bridgehead atoms. The predicted octanol–water partition coefficient (Wildman–Crippen LogP) is 2.04. The van der Waals surface area contributed by atoms with Crippen molar-refractivity contribution in [3.8, 4) is 0 Å². The van der Waals surface area contributed by atoms with Gasteiger partial charge in [-0.2, -0.15) is 5.10 Å². The molecule has 3 nitrogen and oxygen atoms in total. The highest BCUT2D eigenvalue weighted by Crippen LogP contribution is 2.47. The molecule has 0 fully saturated rings. The fraction of sp³-hybridized carbons (Fsp3) is 0.462. The largest absolute Gasteiger partial charge is 0.318 e. The van der Waals surface area contributed by atoms with Gasteiger partial charge in [-0.3, -0.25) is 5.10 Å². The predicted molar refractivity (Wildman–Crippen MR) is 64.1 cm³/mol. The van der Waals surface area contributed by atoms with E-state index in [4.69, 9.17) is 5.73 Å². The zero-order chi connectivity index (χ0) is 11.3. The van der Waals surface area contributed by atoms with Crippen LogP contribution in [0.5, 0.6) is 0 Å². The van der Waals surface area contributed by atoms with Gasteiger partial charge in [0.1, 0.15) is 0 Å². The van der Waals surface area contributed by atoms with Crippen LogP contribution in [0.3, 0.4) is 0 Å². The lowest BCUT2D eigenvalue weighted by atomic mass is 9.65. The van der Waals surface area contributed by atoms with Crippen molar-refractivity contribution in [2.24, 2.45) is 5.73 Å². The first kappa shape index (κ1) is 9.85. The molecule has 0 radical (unpaired) electrons. The van der Waals surface area contributed by atoms with Crippen LogP contribution in [0.2, 0.25) is 0 Å². The quantitative estimate of drug-likeness (QED) is 0.651. The molecule has 1 aromatic rings. The van der Waals surface area contributed by atoms with Gasteiger partial charge in [-0.25, -0.2) is 0 Å². The van der Waals surface area contributed by atoms with Gasteiger partial charge in [0, 0.05) is 23.6 Å². The second kappa shape index (κ2) is 3.08. The summed E-state index contributed by atoms with van der Waals surface area (Å²) in [7, 11) is 0. The van der Waals surface area contributed by atoms with Gasteiger partial charge in [-0.05, 0) is 25.8 Å². The van der Waals surface area contributed by atoms with Crippen LogP contribution < -0.4 is 5.73 Å². The number of nitrogens with one attached hydrogen (secondary N) is 1. The lowest BCUT2D eigenvalue weighted by Gasteiger charge is -2.43. The Hall–Kier alpha value is -1.35. The number of rotatable bonds is 0. The Kier molecular flexibility index (Phi) is 1.89. The molecule has 0 spiro atoms. The zero-order valence-electron chi connectivity index (χ0n) is 9.75. The molecule has 84 valence electrons. The molecule has 0 saturated heterocycles. The summed E-state index contributed by atoms with van der Waals surface area (Å²) in [6.45, 7) is 4.26. The Morgan fingerprint density at radius 1 is 1.62 bits per heavy atom. The van der Waals surface area contributed by atoms with Crippen LogP contribution in [-0.2, 0) is 6.42 Å². The van der Waals surface area contributed by atoms with Gasteiger partial charge in [-0.15, -0.1) is 0 Å². The van der Waals surface area contributed by atoms with E-state index in [-0.39, 0.29) is 5.54 Å². The van der Waals surface area contributed by atoms with Crippen molar-refractivity contribution >= 4 is 0 Å². The average Bonchev–Trinajstić information content (AvgIpc) is 2.63. The smallest absolute Gasteiger partial charge is 0.0619 e. The Labute approximate surface area is 95.4 Å². The first-order chi connectivity index (χ1) is 7.64. The van der Waals surface area contributed by atoms with Crippen molar-refractivity contribution < 1.29 is 0 Å². The summed E-state index contributed by atoms with van der Waals surface area (Å²) < 4.78 is 0. The SMILES string of the molecule is C/C=C1\[C@@H]2CC(C)=C[C@@]1(N)Cc1[nH]ncc12. The third kappa shape index (κ3) is 1.15. The first-order valence-corrected chi connectivity index (χ1v) is 5.80. The minimum Gasteiger partial charge on any atom is -0.318 e. The average molecular weight is 215 g/mol. The molecule has 1 heterocycles. The number of nitrogens with two attached hydrogens (primary N) is 1. The summed E-state index contributed by atoms with van der Waals surface area (Å²) in [5.74, 6) is 0.433. The zero-order valence-corrected chi connectivity index (χ0v) is 9.75. The summed E-state index contributed by atoms with van der Waals surface area (Å²) >= 11 is 0. The number of H-pyrrole nitrogens is 1. The number of nitrogens with zero attached hydrogens (tertiary/aromatic N) is 1. The van der Waals surface area contributed by atoms with E-state index in [1.807, 2.05) is 6.20 Å². The number of allylic oxidation sites excluding steroid dienone is 2. The van der Waals surface area contributed by atoms with E-state index in [0.717, 1.165) is 12.8 Å². The van der Waals surface area contributed by atoms with Crippen molar-refractivity contribution in [2.45, 2.75) is 38.1 Å². The van der Waals surface area contributed by atoms with E-state index in [1.165, 1.54) is 22.4 Å². The summed E-state index contributed by atoms with van der Waals surface area (Å²) in [5, 5.41) is 7.24. The maximum Gasteiger partial charge on any atom is 0.0619 e. The van der Waals surface area contributed by atoms with Crippen molar-refractivity contribution in [1.82, 2.24) is 10.2 Å². The molecular formula is C13H17N3. The van der Waals surface area contributed by atoms with Crippen LogP contribution in [0.15, 0.2) is 29.5 Å². The number of fused-ring (bicyclic) bond motifs is 4. The molecule has 3 rings (SSSR count). The van der Waals surface area contributed by atoms with E-state index in [0.29, 0.717) is 5.92 Å². The lowest BCUT2D eigenvalue weighted by Crippen LogP contribution is -2.49. The third-order valence-corrected chi connectivity index (χ3v) is 3.85. The van der Waals surface area contributed by atoms with E-state index < -0.39 is 0 Å². The van der Waals surface area contributed by atoms with Gasteiger partial charge in [0.15, 0.2) is 0 Å². The van der Waals surface area contributed by atoms with Crippen LogP contribution >= 0.6 is 0 Å². The fourth-order valence-electron chi connectivity index (χ4n) is 3.30. The molecule has 2 atom stereocenters. The number of hydrogen-bond donors (Lipinski definition) is 2. The standard InChI is InChI=1S/C13H17N3/c1-3-11-9-4-8(2)5-13(11,14)6-12-10(9)7-15-16-12/h3,5,7,9H,4,6,14H2,1-2H3,(H,15,16)/b11-3+/t9-,13-/m1/s1. The molecule has 2 aliphatic rings. The van der Waals surface area contributed by atoms with E-state index >= 15 is 0 Å². The van der Waals surface area contributed by atoms with E-state index in [1.54, 1.807) is 0 Å². The van der Waals surface area contributed by atoms with Gasteiger partial charge in [0.25, 0.3) is 0 Å². The van der Waals surface area contributed by atoms with Crippen molar-refractivity contribution in [3.63, 3.8) is 0 Å². The minimum absolute atomic E-state index is 0.290. The Morgan fingerprint density at radius 3 is 3.19 bits per heavy atom. The van der Waals surface area contributed by atoms with Gasteiger partial charge < -0.3 is 5.73 Å². The van der Waals surface area contributed by atoms with Crippen molar-refractivity contribution in [2.75, 3.05) is 0 Å². The van der Waals surface area contributed by atoms with Crippen LogP contribution in [0.1, 0.15) is 37.4 Å². The van der Waals surface area contributed by atoms with Crippen LogP contribution in [0.4, 0.5) is 0 Å². The Morgan fingerprint density at radius 2 is 2.44 bits per heavy atom. The maximum atomic E-state index is 6.53. The normalized spacial score (nSPS) is 34.8. The minimum atomic E-state index is -0.290. The molecule has 0 saturated carbocycles. The summed E-state index contributed by atoms with van der Waals surface area (Å²) in [5.41, 5.74) is 11.5. The van der Waals surface area contributed by atoms with Crippen LogP contribution in [0.25, 0.3) is 0 Å².